The van der Waals surface area contributed by atoms with E-state index in [1.54, 1.807) is 12.4 Å². The molecular formula is C25H33ClN6O2S. The van der Waals surface area contributed by atoms with E-state index in [2.05, 4.69) is 20.2 Å². The van der Waals surface area contributed by atoms with Crippen LogP contribution in [-0.2, 0) is 17.2 Å². The van der Waals surface area contributed by atoms with E-state index in [1.165, 1.54) is 0 Å². The van der Waals surface area contributed by atoms with Crippen molar-refractivity contribution in [2.24, 2.45) is 5.41 Å². The summed E-state index contributed by atoms with van der Waals surface area (Å²) in [6.45, 7) is 1.97. The van der Waals surface area contributed by atoms with Gasteiger partial charge in [0.25, 0.3) is 0 Å². The maximum atomic E-state index is 13.1. The first kappa shape index (κ1) is 23.6. The number of hydrogen-bond acceptors (Lipinski definition) is 8. The molecule has 0 radical (unpaired) electrons. The minimum absolute atomic E-state index is 0.0685. The Hall–Kier alpha value is -1.84. The summed E-state index contributed by atoms with van der Waals surface area (Å²) in [6, 6.07) is 0. The van der Waals surface area contributed by atoms with E-state index in [1.807, 2.05) is 0 Å². The van der Waals surface area contributed by atoms with Gasteiger partial charge in [-0.05, 0) is 64.2 Å². The predicted octanol–water partition coefficient (Wildman–Crippen LogP) is 3.86. The van der Waals surface area contributed by atoms with E-state index in [9.17, 15) is 9.32 Å². The number of aliphatic hydroxyl groups excluding tert-OH is 1. The Kier molecular flexibility index (Phi) is 6.21. The average Bonchev–Trinajstić information content (AvgIpc) is 3.01. The van der Waals surface area contributed by atoms with Crippen molar-refractivity contribution in [3.63, 3.8) is 0 Å². The van der Waals surface area contributed by atoms with Crippen molar-refractivity contribution in [1.29, 1.82) is 0 Å². The molecule has 35 heavy (non-hydrogen) atoms. The van der Waals surface area contributed by atoms with Gasteiger partial charge in [-0.15, -0.1) is 0 Å². The van der Waals surface area contributed by atoms with Crippen molar-refractivity contribution < 1.29 is 9.32 Å². The summed E-state index contributed by atoms with van der Waals surface area (Å²) in [5.74, 6) is 3.39. The van der Waals surface area contributed by atoms with Crippen LogP contribution in [0.15, 0.2) is 17.3 Å². The van der Waals surface area contributed by atoms with Crippen molar-refractivity contribution >= 4 is 34.2 Å². The van der Waals surface area contributed by atoms with Crippen molar-refractivity contribution in [3.05, 3.63) is 28.9 Å². The van der Waals surface area contributed by atoms with Crippen LogP contribution in [0.3, 0.4) is 0 Å². The van der Waals surface area contributed by atoms with Gasteiger partial charge in [-0.3, -0.25) is 4.21 Å². The largest absolute Gasteiger partial charge is 0.394 e. The molecule has 2 aromatic heterocycles. The molecule has 1 atom stereocenters. The summed E-state index contributed by atoms with van der Waals surface area (Å²) < 4.78 is 13.1. The van der Waals surface area contributed by atoms with Gasteiger partial charge in [0.2, 0.25) is 5.95 Å². The highest BCUT2D eigenvalue weighted by Gasteiger charge is 2.47. The first-order chi connectivity index (χ1) is 17.0. The molecule has 2 N–H and O–H groups in total. The van der Waals surface area contributed by atoms with Crippen LogP contribution in [0.5, 0.6) is 0 Å². The molecule has 10 heteroatoms. The van der Waals surface area contributed by atoms with Crippen molar-refractivity contribution in [3.8, 4) is 0 Å². The summed E-state index contributed by atoms with van der Waals surface area (Å²) in [4.78, 5) is 21.8. The molecule has 4 heterocycles. The van der Waals surface area contributed by atoms with E-state index in [-0.39, 0.29) is 12.1 Å². The fourth-order valence-electron chi connectivity index (χ4n) is 6.17. The van der Waals surface area contributed by atoms with Crippen LogP contribution in [0.1, 0.15) is 75.2 Å². The van der Waals surface area contributed by atoms with Gasteiger partial charge in [0.15, 0.2) is 0 Å². The van der Waals surface area contributed by atoms with Crippen LogP contribution < -0.4 is 10.2 Å². The number of fused-ring (bicyclic) bond motifs is 1. The normalized spacial score (nSPS) is 25.3. The molecule has 0 amide bonds. The second-order valence-electron chi connectivity index (χ2n) is 11.0. The quantitative estimate of drug-likeness (QED) is 0.617. The zero-order valence-corrected chi connectivity index (χ0v) is 21.6. The fourth-order valence-corrected chi connectivity index (χ4v) is 7.66. The zero-order valence-electron chi connectivity index (χ0n) is 20.0. The molecule has 0 unspecified atom stereocenters. The minimum atomic E-state index is -1.11. The van der Waals surface area contributed by atoms with Gasteiger partial charge in [-0.25, -0.2) is 15.0 Å². The third-order valence-corrected chi connectivity index (χ3v) is 10.3. The number of aliphatic hydroxyl groups is 1. The van der Waals surface area contributed by atoms with E-state index in [0.717, 1.165) is 99.7 Å². The Bertz CT molecular complexity index is 1100. The number of anilines is 2. The third kappa shape index (κ3) is 4.44. The average molecular weight is 517 g/mol. The number of nitrogens with zero attached hydrogens (tertiary/aromatic N) is 5. The minimum Gasteiger partial charge on any atom is -0.394 e. The molecule has 2 aliphatic carbocycles. The predicted molar refractivity (Wildman–Crippen MR) is 136 cm³/mol. The smallest absolute Gasteiger partial charge is 0.227 e. The first-order valence-corrected chi connectivity index (χ1v) is 14.6. The van der Waals surface area contributed by atoms with Crippen molar-refractivity contribution in [1.82, 2.24) is 19.9 Å². The highest BCUT2D eigenvalue weighted by molar-refractivity contribution is 7.85. The molecule has 188 valence electrons. The van der Waals surface area contributed by atoms with Gasteiger partial charge in [-0.2, -0.15) is 4.98 Å². The molecular weight excluding hydrogens is 484 g/mol. The molecule has 0 bridgehead atoms. The molecule has 1 saturated heterocycles. The molecule has 2 saturated carbocycles. The first-order valence-electron chi connectivity index (χ1n) is 12.9. The molecule has 0 aromatic carbocycles. The Balaban J connectivity index is 1.19. The summed E-state index contributed by atoms with van der Waals surface area (Å²) >= 11 is 5.95. The number of nitrogens with one attached hydrogen (secondary N) is 1. The molecule has 4 aliphatic rings. The molecule has 2 aliphatic heterocycles. The standard InChI is InChI=1S/C25H33ClN6O2S/c26-18-12-27-21(28-13-18)17-5-9-24(10-6-17)14-32(15-24)23-29-19-4-1-2-11-35(34)20(19)22(30-23)31-25(16-33)7-3-8-25/h12-13,17,33H,1-11,14-16H2,(H,29,30,31)/t35-/m1/s1. The van der Waals surface area contributed by atoms with Gasteiger partial charge in [0.05, 0.1) is 33.7 Å². The van der Waals surface area contributed by atoms with E-state index in [4.69, 9.17) is 21.6 Å². The lowest BCUT2D eigenvalue weighted by Crippen LogP contribution is -2.58. The molecule has 1 spiro atoms. The van der Waals surface area contributed by atoms with Gasteiger partial charge >= 0.3 is 0 Å². The number of hydrogen-bond donors (Lipinski definition) is 2. The van der Waals surface area contributed by atoms with E-state index < -0.39 is 10.8 Å². The topological polar surface area (TPSA) is 104 Å². The summed E-state index contributed by atoms with van der Waals surface area (Å²) in [6.07, 6.45) is 13.5. The molecule has 6 rings (SSSR count). The van der Waals surface area contributed by atoms with Gasteiger partial charge in [0.1, 0.15) is 16.5 Å². The summed E-state index contributed by atoms with van der Waals surface area (Å²) in [7, 11) is -1.11. The van der Waals surface area contributed by atoms with Crippen LogP contribution in [-0.4, -0.2) is 60.2 Å². The maximum absolute atomic E-state index is 13.1. The Morgan fingerprint density at radius 2 is 1.83 bits per heavy atom. The second kappa shape index (κ2) is 9.23. The number of aryl methyl sites for hydroxylation is 1. The lowest BCUT2D eigenvalue weighted by molar-refractivity contribution is 0.124. The number of rotatable bonds is 5. The fraction of sp³-hybridized carbons (Fsp3) is 0.680. The monoisotopic (exact) mass is 516 g/mol. The molecule has 8 nitrogen and oxygen atoms in total. The Morgan fingerprint density at radius 3 is 2.49 bits per heavy atom. The van der Waals surface area contributed by atoms with Gasteiger partial charge in [-0.1, -0.05) is 11.6 Å². The number of halogens is 1. The number of aromatic nitrogens is 4. The summed E-state index contributed by atoms with van der Waals surface area (Å²) in [5, 5.41) is 14.1. The lowest BCUT2D eigenvalue weighted by Gasteiger charge is -2.53. The highest BCUT2D eigenvalue weighted by Crippen LogP contribution is 2.49. The Morgan fingerprint density at radius 1 is 1.09 bits per heavy atom. The molecule has 3 fully saturated rings. The van der Waals surface area contributed by atoms with Crippen molar-refractivity contribution in [2.45, 2.75) is 80.6 Å². The van der Waals surface area contributed by atoms with Gasteiger partial charge < -0.3 is 15.3 Å². The highest BCUT2D eigenvalue weighted by atomic mass is 35.5. The maximum Gasteiger partial charge on any atom is 0.227 e. The Labute approximate surface area is 213 Å². The van der Waals surface area contributed by atoms with Gasteiger partial charge in [0, 0.05) is 42.6 Å². The van der Waals surface area contributed by atoms with Crippen LogP contribution in [0.25, 0.3) is 0 Å². The second-order valence-corrected chi connectivity index (χ2v) is 12.9. The van der Waals surface area contributed by atoms with Crippen LogP contribution in [0.2, 0.25) is 5.02 Å². The van der Waals surface area contributed by atoms with Crippen molar-refractivity contribution in [2.75, 3.05) is 35.7 Å². The van der Waals surface area contributed by atoms with Crippen LogP contribution in [0, 0.1) is 5.41 Å². The zero-order chi connectivity index (χ0) is 24.0. The van der Waals surface area contributed by atoms with Crippen LogP contribution >= 0.6 is 11.6 Å². The lowest BCUT2D eigenvalue weighted by atomic mass is 9.66. The van der Waals surface area contributed by atoms with E-state index in [0.29, 0.717) is 27.9 Å². The SMILES string of the molecule is O=[S@@]1CCCCc2nc(N3CC4(CCC(c5ncc(Cl)cn5)CC4)C3)nc(NC3(CO)CCC3)c21. The van der Waals surface area contributed by atoms with E-state index >= 15 is 0 Å². The molecule has 2 aromatic rings. The summed E-state index contributed by atoms with van der Waals surface area (Å²) in [5.41, 5.74) is 0.884. The third-order valence-electron chi connectivity index (χ3n) is 8.53. The van der Waals surface area contributed by atoms with Crippen LogP contribution in [0.4, 0.5) is 11.8 Å².